The fourth-order valence-electron chi connectivity index (χ4n) is 3.39. The number of hydrogen-bond donors (Lipinski definition) is 0. The molecule has 0 saturated carbocycles. The predicted molar refractivity (Wildman–Crippen MR) is 144 cm³/mol. The van der Waals surface area contributed by atoms with Gasteiger partial charge in [-0.05, 0) is 97.1 Å². The minimum Gasteiger partial charge on any atom is -0.457 e. The molecular formula is C34H22O2. The minimum absolute atomic E-state index is 0.733. The lowest BCUT2D eigenvalue weighted by molar-refractivity contribution is 0.469. The van der Waals surface area contributed by atoms with Crippen LogP contribution in [-0.2, 0) is 0 Å². The zero-order chi connectivity index (χ0) is 24.4. The maximum Gasteiger partial charge on any atom is 0.127 e. The van der Waals surface area contributed by atoms with E-state index in [4.69, 9.17) is 9.47 Å². The first-order chi connectivity index (χ1) is 17.8. The summed E-state index contributed by atoms with van der Waals surface area (Å²) in [5.41, 5.74) is 3.86. The molecule has 0 amide bonds. The molecule has 0 N–H and O–H groups in total. The van der Waals surface area contributed by atoms with Gasteiger partial charge in [-0.2, -0.15) is 0 Å². The lowest BCUT2D eigenvalue weighted by Crippen LogP contribution is -1.87. The molecule has 0 fully saturated rings. The third-order valence-corrected chi connectivity index (χ3v) is 5.25. The molecule has 170 valence electrons. The highest BCUT2D eigenvalue weighted by molar-refractivity contribution is 5.46. The van der Waals surface area contributed by atoms with E-state index in [1.807, 2.05) is 133 Å². The van der Waals surface area contributed by atoms with Crippen molar-refractivity contribution in [3.63, 3.8) is 0 Å². The van der Waals surface area contributed by atoms with E-state index in [-0.39, 0.29) is 0 Å². The predicted octanol–water partition coefficient (Wildman–Crippen LogP) is 8.07. The van der Waals surface area contributed by atoms with Crippen LogP contribution in [0.25, 0.3) is 0 Å². The smallest absolute Gasteiger partial charge is 0.127 e. The SMILES string of the molecule is C(#Cc1ccc(Oc2ccc(Oc3ccc(C#Cc4ccccc4)cc3)cc2)cc1)c1ccccc1. The Hall–Kier alpha value is -5.18. The molecule has 0 aliphatic heterocycles. The van der Waals surface area contributed by atoms with Crippen molar-refractivity contribution in [3.8, 4) is 46.7 Å². The van der Waals surface area contributed by atoms with E-state index < -0.39 is 0 Å². The molecule has 0 aromatic heterocycles. The maximum absolute atomic E-state index is 5.96. The fourth-order valence-corrected chi connectivity index (χ4v) is 3.39. The molecule has 0 heterocycles. The quantitative estimate of drug-likeness (QED) is 0.251. The fraction of sp³-hybridized carbons (Fsp3) is 0. The van der Waals surface area contributed by atoms with Crippen LogP contribution in [0.15, 0.2) is 133 Å². The van der Waals surface area contributed by atoms with Crippen LogP contribution < -0.4 is 9.47 Å². The van der Waals surface area contributed by atoms with Gasteiger partial charge in [0.2, 0.25) is 0 Å². The average molecular weight is 463 g/mol. The summed E-state index contributed by atoms with van der Waals surface area (Å²) in [5, 5.41) is 0. The molecule has 5 aromatic rings. The normalized spacial score (nSPS) is 9.78. The second kappa shape index (κ2) is 11.3. The Labute approximate surface area is 211 Å². The van der Waals surface area contributed by atoms with Crippen LogP contribution in [0.1, 0.15) is 22.3 Å². The molecule has 0 aliphatic rings. The molecule has 36 heavy (non-hydrogen) atoms. The maximum atomic E-state index is 5.96. The van der Waals surface area contributed by atoms with Crippen LogP contribution >= 0.6 is 0 Å². The highest BCUT2D eigenvalue weighted by Crippen LogP contribution is 2.27. The summed E-state index contributed by atoms with van der Waals surface area (Å²) in [6, 6.07) is 42.9. The summed E-state index contributed by atoms with van der Waals surface area (Å²) >= 11 is 0. The third-order valence-electron chi connectivity index (χ3n) is 5.25. The standard InChI is InChI=1S/C34H22O2/c1-3-7-27(8-4-1)11-13-29-15-19-31(20-16-29)35-33-23-25-34(26-24-33)36-32-21-17-30(18-22-32)14-12-28-9-5-2-6-10-28/h1-10,15-26H. The highest BCUT2D eigenvalue weighted by atomic mass is 16.5. The van der Waals surface area contributed by atoms with Gasteiger partial charge < -0.3 is 9.47 Å². The van der Waals surface area contributed by atoms with Crippen LogP contribution in [0.5, 0.6) is 23.0 Å². The van der Waals surface area contributed by atoms with Gasteiger partial charge in [0.15, 0.2) is 0 Å². The molecule has 0 bridgehead atoms. The Morgan fingerprint density at radius 3 is 0.833 bits per heavy atom. The largest absolute Gasteiger partial charge is 0.457 e. The Bertz CT molecular complexity index is 1410. The van der Waals surface area contributed by atoms with E-state index in [9.17, 15) is 0 Å². The zero-order valence-corrected chi connectivity index (χ0v) is 19.5. The van der Waals surface area contributed by atoms with Crippen molar-refractivity contribution in [3.05, 3.63) is 156 Å². The Morgan fingerprint density at radius 1 is 0.278 bits per heavy atom. The molecule has 5 aromatic carbocycles. The molecule has 0 unspecified atom stereocenters. The molecule has 5 rings (SSSR count). The van der Waals surface area contributed by atoms with Crippen molar-refractivity contribution in [2.45, 2.75) is 0 Å². The van der Waals surface area contributed by atoms with Gasteiger partial charge in [0.25, 0.3) is 0 Å². The summed E-state index contributed by atoms with van der Waals surface area (Å²) < 4.78 is 11.9. The Morgan fingerprint density at radius 2 is 0.528 bits per heavy atom. The van der Waals surface area contributed by atoms with Gasteiger partial charge in [-0.1, -0.05) is 60.1 Å². The Kier molecular flexibility index (Phi) is 7.09. The summed E-state index contributed by atoms with van der Waals surface area (Å²) in [5.74, 6) is 15.6. The van der Waals surface area contributed by atoms with Crippen molar-refractivity contribution in [1.82, 2.24) is 0 Å². The number of benzene rings is 5. The van der Waals surface area contributed by atoms with Crippen molar-refractivity contribution in [2.24, 2.45) is 0 Å². The van der Waals surface area contributed by atoms with E-state index in [0.29, 0.717) is 0 Å². The zero-order valence-electron chi connectivity index (χ0n) is 19.5. The number of ether oxygens (including phenoxy) is 2. The third kappa shape index (κ3) is 6.45. The average Bonchev–Trinajstić information content (AvgIpc) is 2.94. The van der Waals surface area contributed by atoms with E-state index >= 15 is 0 Å². The van der Waals surface area contributed by atoms with Gasteiger partial charge in [0.1, 0.15) is 23.0 Å². The van der Waals surface area contributed by atoms with Gasteiger partial charge >= 0.3 is 0 Å². The van der Waals surface area contributed by atoms with Crippen LogP contribution in [0.3, 0.4) is 0 Å². The second-order valence-electron chi connectivity index (χ2n) is 7.96. The van der Waals surface area contributed by atoms with E-state index in [1.165, 1.54) is 0 Å². The van der Waals surface area contributed by atoms with Crippen molar-refractivity contribution < 1.29 is 9.47 Å². The highest BCUT2D eigenvalue weighted by Gasteiger charge is 2.01. The number of hydrogen-bond acceptors (Lipinski definition) is 2. The molecule has 2 nitrogen and oxygen atoms in total. The molecule has 0 saturated heterocycles. The van der Waals surface area contributed by atoms with Crippen LogP contribution in [0.4, 0.5) is 0 Å². The summed E-state index contributed by atoms with van der Waals surface area (Å²) in [6.45, 7) is 0. The summed E-state index contributed by atoms with van der Waals surface area (Å²) in [7, 11) is 0. The molecular weight excluding hydrogens is 440 g/mol. The topological polar surface area (TPSA) is 18.5 Å². The van der Waals surface area contributed by atoms with Crippen LogP contribution in [-0.4, -0.2) is 0 Å². The monoisotopic (exact) mass is 462 g/mol. The van der Waals surface area contributed by atoms with Crippen molar-refractivity contribution >= 4 is 0 Å². The second-order valence-corrected chi connectivity index (χ2v) is 7.96. The molecule has 0 aliphatic carbocycles. The van der Waals surface area contributed by atoms with Crippen molar-refractivity contribution in [1.29, 1.82) is 0 Å². The first-order valence-corrected chi connectivity index (χ1v) is 11.6. The van der Waals surface area contributed by atoms with Crippen molar-refractivity contribution in [2.75, 3.05) is 0 Å². The van der Waals surface area contributed by atoms with Crippen LogP contribution in [0.2, 0.25) is 0 Å². The first kappa shape index (κ1) is 22.6. The van der Waals surface area contributed by atoms with E-state index in [1.54, 1.807) is 0 Å². The van der Waals surface area contributed by atoms with Gasteiger partial charge in [-0.15, -0.1) is 0 Å². The van der Waals surface area contributed by atoms with Gasteiger partial charge in [0, 0.05) is 22.3 Å². The Balaban J connectivity index is 1.16. The summed E-state index contributed by atoms with van der Waals surface area (Å²) in [6.07, 6.45) is 0. The summed E-state index contributed by atoms with van der Waals surface area (Å²) in [4.78, 5) is 0. The van der Waals surface area contributed by atoms with E-state index in [0.717, 1.165) is 45.3 Å². The number of rotatable bonds is 4. The molecule has 2 heteroatoms. The molecule has 0 radical (unpaired) electrons. The van der Waals surface area contributed by atoms with Crippen LogP contribution in [0, 0.1) is 23.7 Å². The van der Waals surface area contributed by atoms with E-state index in [2.05, 4.69) is 23.7 Å². The van der Waals surface area contributed by atoms with Gasteiger partial charge in [0.05, 0.1) is 0 Å². The first-order valence-electron chi connectivity index (χ1n) is 11.6. The lowest BCUT2D eigenvalue weighted by atomic mass is 10.2. The van der Waals surface area contributed by atoms with Gasteiger partial charge in [-0.3, -0.25) is 0 Å². The molecule has 0 spiro atoms. The minimum atomic E-state index is 0.733. The lowest BCUT2D eigenvalue weighted by Gasteiger charge is -2.08. The molecule has 0 atom stereocenters. The van der Waals surface area contributed by atoms with Gasteiger partial charge in [-0.25, -0.2) is 0 Å².